The fourth-order valence-corrected chi connectivity index (χ4v) is 5.54. The molecule has 9 heteroatoms. The van der Waals surface area contributed by atoms with Crippen molar-refractivity contribution < 1.29 is 4.39 Å². The number of anilines is 2. The fourth-order valence-electron chi connectivity index (χ4n) is 5.54. The van der Waals surface area contributed by atoms with Crippen molar-refractivity contribution in [3.63, 3.8) is 0 Å². The summed E-state index contributed by atoms with van der Waals surface area (Å²) in [6.07, 6.45) is 12.5. The molecule has 0 radical (unpaired) electrons. The van der Waals surface area contributed by atoms with E-state index in [1.807, 2.05) is 6.20 Å². The molecular weight excluding hydrogens is 467 g/mol. The summed E-state index contributed by atoms with van der Waals surface area (Å²) in [7, 11) is 0. The minimum Gasteiger partial charge on any atom is -0.384 e. The second kappa shape index (κ2) is 8.99. The van der Waals surface area contributed by atoms with Crippen molar-refractivity contribution in [2.45, 2.75) is 43.9 Å². The molecule has 0 atom stereocenters. The monoisotopic (exact) mass is 496 g/mol. The number of halogens is 1. The van der Waals surface area contributed by atoms with Gasteiger partial charge in [0, 0.05) is 61.3 Å². The van der Waals surface area contributed by atoms with Crippen molar-refractivity contribution in [3.8, 4) is 22.6 Å². The largest absolute Gasteiger partial charge is 0.384 e. The summed E-state index contributed by atoms with van der Waals surface area (Å²) in [5.41, 5.74) is 10.3. The number of rotatable bonds is 5. The van der Waals surface area contributed by atoms with Crippen molar-refractivity contribution in [3.05, 3.63) is 53.9 Å². The third-order valence-corrected chi connectivity index (χ3v) is 7.94. The van der Waals surface area contributed by atoms with E-state index in [0.717, 1.165) is 80.6 Å². The number of nitrogens with two attached hydrogens (primary N) is 1. The van der Waals surface area contributed by atoms with Crippen molar-refractivity contribution in [2.75, 3.05) is 36.8 Å². The van der Waals surface area contributed by atoms with Crippen molar-refractivity contribution in [1.29, 1.82) is 0 Å². The molecule has 2 saturated carbocycles. The normalized spacial score (nSPS) is 18.2. The minimum absolute atomic E-state index is 0.245. The Hall–Kier alpha value is -3.72. The fraction of sp³-hybridized carbons (Fsp3) is 0.393. The Morgan fingerprint density at radius 1 is 0.919 bits per heavy atom. The van der Waals surface area contributed by atoms with Gasteiger partial charge in [-0.2, -0.15) is 0 Å². The highest BCUT2D eigenvalue weighted by atomic mass is 19.1. The van der Waals surface area contributed by atoms with Gasteiger partial charge in [0.25, 0.3) is 0 Å². The summed E-state index contributed by atoms with van der Waals surface area (Å²) in [4.78, 5) is 25.7. The Kier molecular flexibility index (Phi) is 5.46. The van der Waals surface area contributed by atoms with Crippen LogP contribution in [0.4, 0.5) is 16.0 Å². The second-order valence-corrected chi connectivity index (χ2v) is 10.4. The molecule has 2 aliphatic carbocycles. The van der Waals surface area contributed by atoms with E-state index in [9.17, 15) is 0 Å². The number of fused-ring (bicyclic) bond motifs is 1. The van der Waals surface area contributed by atoms with Crippen molar-refractivity contribution in [1.82, 2.24) is 30.2 Å². The van der Waals surface area contributed by atoms with Crippen LogP contribution in [0.25, 0.3) is 33.5 Å². The van der Waals surface area contributed by atoms with E-state index in [1.165, 1.54) is 5.56 Å². The van der Waals surface area contributed by atoms with Crippen LogP contribution in [-0.4, -0.2) is 51.1 Å². The van der Waals surface area contributed by atoms with E-state index in [-0.39, 0.29) is 17.4 Å². The predicted molar refractivity (Wildman–Crippen MR) is 142 cm³/mol. The van der Waals surface area contributed by atoms with Gasteiger partial charge in [-0.3, -0.25) is 9.97 Å². The maximum absolute atomic E-state index is 15.8. The molecule has 3 fully saturated rings. The van der Waals surface area contributed by atoms with Gasteiger partial charge in [-0.1, -0.05) is 6.42 Å². The molecule has 4 aromatic heterocycles. The molecule has 0 bridgehead atoms. The van der Waals surface area contributed by atoms with Gasteiger partial charge in [-0.15, -0.1) is 0 Å². The first kappa shape index (κ1) is 22.5. The van der Waals surface area contributed by atoms with Crippen LogP contribution >= 0.6 is 0 Å². The number of nitrogens with one attached hydrogen (secondary N) is 1. The molecule has 188 valence electrons. The summed E-state index contributed by atoms with van der Waals surface area (Å²) in [6.45, 7) is 3.48. The van der Waals surface area contributed by atoms with Gasteiger partial charge in [0.2, 0.25) is 0 Å². The summed E-state index contributed by atoms with van der Waals surface area (Å²) in [5.74, 6) is 2.17. The summed E-state index contributed by atoms with van der Waals surface area (Å²) >= 11 is 0. The zero-order valence-corrected chi connectivity index (χ0v) is 20.6. The lowest BCUT2D eigenvalue weighted by Gasteiger charge is -2.30. The second-order valence-electron chi connectivity index (χ2n) is 10.4. The quantitative estimate of drug-likeness (QED) is 0.418. The maximum Gasteiger partial charge on any atom is 0.163 e. The van der Waals surface area contributed by atoms with E-state index in [2.05, 4.69) is 25.2 Å². The Bertz CT molecular complexity index is 1490. The Balaban J connectivity index is 1.43. The van der Waals surface area contributed by atoms with Crippen LogP contribution in [0.15, 0.2) is 36.9 Å². The van der Waals surface area contributed by atoms with E-state index < -0.39 is 0 Å². The maximum atomic E-state index is 15.8. The molecule has 5 heterocycles. The standard InChI is InChI=1S/C28H29FN8/c29-25-18(16-2-1-3-16)6-7-33-26(25)21-14-34-23(30)12-19(21)27-35-22-15-32-13-20(17-4-5-17)24(22)28(36-27)37-10-8-31-9-11-37/h6-7,12-17,31H,1-5,8-11H2,(H2,30,34). The minimum atomic E-state index is -0.291. The van der Waals surface area contributed by atoms with Gasteiger partial charge in [-0.25, -0.2) is 19.3 Å². The topological polar surface area (TPSA) is 106 Å². The van der Waals surface area contributed by atoms with Gasteiger partial charge in [0.15, 0.2) is 11.6 Å². The van der Waals surface area contributed by atoms with Gasteiger partial charge in [-0.05, 0) is 60.8 Å². The summed E-state index contributed by atoms with van der Waals surface area (Å²) in [5, 5.41) is 4.50. The number of pyridine rings is 3. The van der Waals surface area contributed by atoms with Gasteiger partial charge in [0.1, 0.15) is 17.3 Å². The molecule has 7 rings (SSSR count). The molecule has 1 saturated heterocycles. The molecule has 8 nitrogen and oxygen atoms in total. The van der Waals surface area contributed by atoms with Gasteiger partial charge >= 0.3 is 0 Å². The lowest BCUT2D eigenvalue weighted by atomic mass is 9.79. The summed E-state index contributed by atoms with van der Waals surface area (Å²) < 4.78 is 15.8. The van der Waals surface area contributed by atoms with E-state index >= 15 is 4.39 Å². The number of nitrogen functional groups attached to an aromatic ring is 1. The third-order valence-electron chi connectivity index (χ3n) is 7.94. The first-order valence-corrected chi connectivity index (χ1v) is 13.2. The molecule has 4 aromatic rings. The number of nitrogens with zero attached hydrogens (tertiary/aromatic N) is 6. The van der Waals surface area contributed by atoms with E-state index in [0.29, 0.717) is 28.7 Å². The average Bonchev–Trinajstić information content (AvgIpc) is 3.74. The lowest BCUT2D eigenvalue weighted by molar-refractivity contribution is 0.404. The number of aromatic nitrogens is 5. The van der Waals surface area contributed by atoms with Gasteiger partial charge < -0.3 is 16.0 Å². The van der Waals surface area contributed by atoms with Crippen LogP contribution in [0.3, 0.4) is 0 Å². The SMILES string of the molecule is Nc1cc(-c2nc(N3CCNCC3)c3c(C4CC4)cncc3n2)c(-c2nccc(C3CCC3)c2F)cn1. The van der Waals surface area contributed by atoms with E-state index in [4.69, 9.17) is 15.7 Å². The molecule has 0 spiro atoms. The highest BCUT2D eigenvalue weighted by Gasteiger charge is 2.30. The Morgan fingerprint density at radius 3 is 2.49 bits per heavy atom. The first-order valence-electron chi connectivity index (χ1n) is 13.2. The highest BCUT2D eigenvalue weighted by molar-refractivity contribution is 5.95. The molecule has 1 aliphatic heterocycles. The number of piperazine rings is 1. The average molecular weight is 497 g/mol. The van der Waals surface area contributed by atoms with Crippen molar-refractivity contribution in [2.24, 2.45) is 0 Å². The van der Waals surface area contributed by atoms with Crippen LogP contribution in [-0.2, 0) is 0 Å². The smallest absolute Gasteiger partial charge is 0.163 e. The van der Waals surface area contributed by atoms with Crippen LogP contribution in [0.1, 0.15) is 55.1 Å². The predicted octanol–water partition coefficient (Wildman–Crippen LogP) is 4.42. The molecule has 3 N–H and O–H groups in total. The number of hydrogen-bond donors (Lipinski definition) is 2. The van der Waals surface area contributed by atoms with Gasteiger partial charge in [0.05, 0.1) is 11.7 Å². The molecular formula is C28H29FN8. The number of hydrogen-bond acceptors (Lipinski definition) is 8. The van der Waals surface area contributed by atoms with Crippen LogP contribution < -0.4 is 16.0 Å². The zero-order chi connectivity index (χ0) is 24.9. The molecule has 37 heavy (non-hydrogen) atoms. The van der Waals surface area contributed by atoms with Crippen LogP contribution in [0, 0.1) is 5.82 Å². The molecule has 0 aromatic carbocycles. The first-order chi connectivity index (χ1) is 18.2. The Morgan fingerprint density at radius 2 is 1.73 bits per heavy atom. The molecule has 0 amide bonds. The zero-order valence-electron chi connectivity index (χ0n) is 20.6. The van der Waals surface area contributed by atoms with Crippen LogP contribution in [0.2, 0.25) is 0 Å². The highest BCUT2D eigenvalue weighted by Crippen LogP contribution is 2.45. The van der Waals surface area contributed by atoms with E-state index in [1.54, 1.807) is 30.7 Å². The lowest BCUT2D eigenvalue weighted by Crippen LogP contribution is -2.44. The molecule has 3 aliphatic rings. The van der Waals surface area contributed by atoms with Crippen molar-refractivity contribution >= 4 is 22.5 Å². The third kappa shape index (κ3) is 3.98. The Labute approximate surface area is 214 Å². The molecule has 0 unspecified atom stereocenters. The van der Waals surface area contributed by atoms with Crippen LogP contribution in [0.5, 0.6) is 0 Å². The summed E-state index contributed by atoms with van der Waals surface area (Å²) in [6, 6.07) is 3.53.